The van der Waals surface area contributed by atoms with Crippen LogP contribution >= 0.6 is 0 Å². The van der Waals surface area contributed by atoms with Crippen LogP contribution in [0.4, 0.5) is 0 Å². The molecule has 1 aliphatic rings. The minimum atomic E-state index is -1.58. The van der Waals surface area contributed by atoms with Crippen molar-refractivity contribution in [1.29, 1.82) is 0 Å². The molecule has 7 unspecified atom stereocenters. The van der Waals surface area contributed by atoms with Gasteiger partial charge in [-0.3, -0.25) is 9.59 Å². The Morgan fingerprint density at radius 3 is 1.08 bits per heavy atom. The van der Waals surface area contributed by atoms with Crippen LogP contribution in [0, 0.1) is 0 Å². The fraction of sp³-hybridized carbons (Fsp3) is 0.899. The zero-order valence-electron chi connectivity index (χ0n) is 59.1. The molecular formula is C79H149NO10. The van der Waals surface area contributed by atoms with Crippen LogP contribution in [-0.4, -0.2) is 100 Å². The second-order valence-corrected chi connectivity index (χ2v) is 27.4. The van der Waals surface area contributed by atoms with Gasteiger partial charge in [0.2, 0.25) is 5.91 Å². The zero-order chi connectivity index (χ0) is 65.1. The fourth-order valence-electron chi connectivity index (χ4n) is 12.6. The molecule has 530 valence electrons. The minimum Gasteiger partial charge on any atom is -0.466 e. The normalized spacial score (nSPS) is 17.8. The maximum atomic E-state index is 13.0. The van der Waals surface area contributed by atoms with E-state index < -0.39 is 49.5 Å². The number of rotatable bonds is 70. The molecular weight excluding hydrogens is 1120 g/mol. The molecule has 0 bridgehead atoms. The van der Waals surface area contributed by atoms with Gasteiger partial charge >= 0.3 is 5.97 Å². The lowest BCUT2D eigenvalue weighted by Crippen LogP contribution is -2.60. The average Bonchev–Trinajstić information content (AvgIpc) is 3.37. The van der Waals surface area contributed by atoms with Crippen LogP contribution in [0.3, 0.4) is 0 Å². The van der Waals surface area contributed by atoms with Crippen LogP contribution in [0.2, 0.25) is 0 Å². The maximum Gasteiger partial charge on any atom is 0.305 e. The first-order chi connectivity index (χ1) is 44.2. The lowest BCUT2D eigenvalue weighted by atomic mass is 9.99. The van der Waals surface area contributed by atoms with E-state index in [1.807, 2.05) is 6.08 Å². The van der Waals surface area contributed by atoms with Crippen LogP contribution in [-0.2, 0) is 23.8 Å². The summed E-state index contributed by atoms with van der Waals surface area (Å²) in [6, 6.07) is -0.829. The number of carbonyl (C=O) groups is 2. The number of hydrogen-bond donors (Lipinski definition) is 6. The van der Waals surface area contributed by atoms with E-state index in [0.717, 1.165) is 70.6 Å². The summed E-state index contributed by atoms with van der Waals surface area (Å²) in [5.41, 5.74) is 0. The summed E-state index contributed by atoms with van der Waals surface area (Å²) >= 11 is 0. The van der Waals surface area contributed by atoms with E-state index in [0.29, 0.717) is 19.4 Å². The molecule has 0 radical (unpaired) electrons. The molecule has 0 saturated carbocycles. The van der Waals surface area contributed by atoms with Crippen molar-refractivity contribution in [3.63, 3.8) is 0 Å². The second kappa shape index (κ2) is 68.3. The Kier molecular flexibility index (Phi) is 65.2. The Labute approximate surface area is 555 Å². The van der Waals surface area contributed by atoms with Gasteiger partial charge in [0, 0.05) is 12.8 Å². The van der Waals surface area contributed by atoms with Crippen LogP contribution < -0.4 is 5.32 Å². The molecule has 11 nitrogen and oxygen atoms in total. The number of unbranched alkanes of at least 4 members (excludes halogenated alkanes) is 52. The molecule has 1 saturated heterocycles. The third-order valence-electron chi connectivity index (χ3n) is 18.7. The Bertz CT molecular complexity index is 1590. The van der Waals surface area contributed by atoms with E-state index in [4.69, 9.17) is 14.2 Å². The Morgan fingerprint density at radius 1 is 0.400 bits per heavy atom. The van der Waals surface area contributed by atoms with Crippen molar-refractivity contribution in [1.82, 2.24) is 5.32 Å². The Hall–Kier alpha value is -2.12. The van der Waals surface area contributed by atoms with Crippen molar-refractivity contribution in [2.24, 2.45) is 0 Å². The van der Waals surface area contributed by atoms with Gasteiger partial charge in [0.15, 0.2) is 6.29 Å². The Morgan fingerprint density at radius 2 is 0.722 bits per heavy atom. The third kappa shape index (κ3) is 56.2. The highest BCUT2D eigenvalue weighted by Crippen LogP contribution is 2.24. The van der Waals surface area contributed by atoms with Gasteiger partial charge in [0.25, 0.3) is 0 Å². The van der Waals surface area contributed by atoms with Crippen LogP contribution in [0.1, 0.15) is 393 Å². The summed E-state index contributed by atoms with van der Waals surface area (Å²) in [4.78, 5) is 25.1. The molecule has 1 heterocycles. The lowest BCUT2D eigenvalue weighted by Gasteiger charge is -2.40. The van der Waals surface area contributed by atoms with Crippen molar-refractivity contribution in [3.8, 4) is 0 Å². The number of ether oxygens (including phenoxy) is 3. The van der Waals surface area contributed by atoms with Gasteiger partial charge in [-0.1, -0.05) is 365 Å². The van der Waals surface area contributed by atoms with Crippen molar-refractivity contribution >= 4 is 11.9 Å². The van der Waals surface area contributed by atoms with Gasteiger partial charge in [-0.2, -0.15) is 0 Å². The van der Waals surface area contributed by atoms with Gasteiger partial charge in [-0.05, 0) is 51.4 Å². The van der Waals surface area contributed by atoms with E-state index in [1.165, 1.54) is 295 Å². The highest BCUT2D eigenvalue weighted by molar-refractivity contribution is 5.76. The first-order valence-electron chi connectivity index (χ1n) is 39.3. The third-order valence-corrected chi connectivity index (χ3v) is 18.7. The largest absolute Gasteiger partial charge is 0.466 e. The second-order valence-electron chi connectivity index (χ2n) is 27.4. The predicted molar refractivity (Wildman–Crippen MR) is 380 cm³/mol. The number of amides is 1. The molecule has 1 amide bonds. The molecule has 1 fully saturated rings. The number of aliphatic hydroxyl groups excluding tert-OH is 5. The molecule has 0 aromatic rings. The van der Waals surface area contributed by atoms with Crippen LogP contribution in [0.5, 0.6) is 0 Å². The lowest BCUT2D eigenvalue weighted by molar-refractivity contribution is -0.302. The van der Waals surface area contributed by atoms with Crippen molar-refractivity contribution in [2.45, 2.75) is 436 Å². The number of esters is 1. The van der Waals surface area contributed by atoms with E-state index in [1.54, 1.807) is 6.08 Å². The SMILES string of the molecule is CCC/C=C/CC/C=C/CC/C=C/C(O)C(COC1OC(CO)C(O)C(O)C1O)NC(=O)CCCCCCCCCCCCCCCCCCCCCCCCCCCCCCCCCCCCCCCCCOC(=O)CCCCCCCCCCCCCC. The summed E-state index contributed by atoms with van der Waals surface area (Å²) < 4.78 is 16.7. The van der Waals surface area contributed by atoms with Crippen molar-refractivity contribution in [3.05, 3.63) is 36.5 Å². The first kappa shape index (κ1) is 85.9. The van der Waals surface area contributed by atoms with Crippen molar-refractivity contribution in [2.75, 3.05) is 19.8 Å². The maximum absolute atomic E-state index is 13.0. The van der Waals surface area contributed by atoms with Gasteiger partial charge in [0.05, 0.1) is 32.0 Å². The number of carbonyl (C=O) groups excluding carboxylic acids is 2. The van der Waals surface area contributed by atoms with Crippen LogP contribution in [0.25, 0.3) is 0 Å². The molecule has 7 atom stereocenters. The molecule has 1 aliphatic heterocycles. The molecule has 0 aromatic heterocycles. The van der Waals surface area contributed by atoms with Gasteiger partial charge in [-0.15, -0.1) is 0 Å². The first-order valence-corrected chi connectivity index (χ1v) is 39.3. The fourth-order valence-corrected chi connectivity index (χ4v) is 12.6. The van der Waals surface area contributed by atoms with E-state index in [9.17, 15) is 35.1 Å². The molecule has 0 spiro atoms. The zero-order valence-corrected chi connectivity index (χ0v) is 59.1. The molecule has 6 N–H and O–H groups in total. The van der Waals surface area contributed by atoms with E-state index in [-0.39, 0.29) is 18.5 Å². The van der Waals surface area contributed by atoms with Crippen molar-refractivity contribution < 1.29 is 49.3 Å². The topological polar surface area (TPSA) is 175 Å². The van der Waals surface area contributed by atoms with E-state index in [2.05, 4.69) is 43.5 Å². The summed E-state index contributed by atoms with van der Waals surface area (Å²) in [7, 11) is 0. The molecule has 0 aromatic carbocycles. The Balaban J connectivity index is 1.86. The number of nitrogens with one attached hydrogen (secondary N) is 1. The number of hydrogen-bond acceptors (Lipinski definition) is 10. The standard InChI is InChI=1S/C79H149NO10/c1-3-5-7-9-11-13-15-47-51-55-59-63-67-75(84)88-68-64-60-56-52-48-44-42-40-38-36-34-32-30-28-26-24-22-20-18-16-17-19-21-23-25-27-29-31-33-35-37-39-41-43-46-50-54-58-62-66-74(83)80-71(70-89-79-78(87)77(86)76(85)73(69-81)90-79)72(82)65-61-57-53-49-45-14-12-10-8-6-4-2/h8,10,45,49,61,65,71-73,76-79,81-82,85-87H,3-7,9,11-44,46-48,50-60,62-64,66-70H2,1-2H3,(H,80,83)/b10-8+,49-45+,65-61+. The monoisotopic (exact) mass is 1270 g/mol. The molecule has 1 rings (SSSR count). The summed E-state index contributed by atoms with van der Waals surface area (Å²) in [6.07, 6.45) is 79.2. The number of aliphatic hydroxyl groups is 5. The highest BCUT2D eigenvalue weighted by atomic mass is 16.7. The quantitative estimate of drug-likeness (QED) is 0.0195. The van der Waals surface area contributed by atoms with Crippen LogP contribution in [0.15, 0.2) is 36.5 Å². The van der Waals surface area contributed by atoms with Gasteiger partial charge < -0.3 is 45.1 Å². The van der Waals surface area contributed by atoms with Gasteiger partial charge in [0.1, 0.15) is 24.4 Å². The summed E-state index contributed by atoms with van der Waals surface area (Å²) in [5, 5.41) is 54.4. The molecule has 0 aliphatic carbocycles. The smallest absolute Gasteiger partial charge is 0.305 e. The van der Waals surface area contributed by atoms with E-state index >= 15 is 0 Å². The average molecular weight is 1270 g/mol. The summed E-state index contributed by atoms with van der Waals surface area (Å²) in [6.45, 7) is 4.30. The minimum absolute atomic E-state index is 0.0193. The van der Waals surface area contributed by atoms with Gasteiger partial charge in [-0.25, -0.2) is 0 Å². The summed E-state index contributed by atoms with van der Waals surface area (Å²) in [5.74, 6) is -0.171. The highest BCUT2D eigenvalue weighted by Gasteiger charge is 2.44. The molecule has 90 heavy (non-hydrogen) atoms. The molecule has 11 heteroatoms. The predicted octanol–water partition coefficient (Wildman–Crippen LogP) is 20.9. The number of allylic oxidation sites excluding steroid dienone is 5.